The number of hydrogen-bond donors (Lipinski definition) is 0. The summed E-state index contributed by atoms with van der Waals surface area (Å²) >= 11 is 0. The van der Waals surface area contributed by atoms with Gasteiger partial charge >= 0.3 is 0 Å². The smallest absolute Gasteiger partial charge is 0.0323 e. The molecule has 0 heterocycles. The van der Waals surface area contributed by atoms with Crippen molar-refractivity contribution in [3.63, 3.8) is 0 Å². The Labute approximate surface area is 69.4 Å². The van der Waals surface area contributed by atoms with Crippen molar-refractivity contribution < 1.29 is 0 Å². The van der Waals surface area contributed by atoms with Crippen LogP contribution in [0.15, 0.2) is 0 Å². The summed E-state index contributed by atoms with van der Waals surface area (Å²) in [5.74, 6) is 6.83. The van der Waals surface area contributed by atoms with Crippen LogP contribution in [0.25, 0.3) is 0 Å². The second kappa shape index (κ2) is 1.84. The van der Waals surface area contributed by atoms with E-state index in [9.17, 15) is 0 Å². The fraction of sp³-hybridized carbons (Fsp3) is 1.00. The molecular weight excluding hydrogens is 132 g/mol. The normalized spacial score (nSPS) is 66.0. The zero-order valence-electron chi connectivity index (χ0n) is 7.59. The van der Waals surface area contributed by atoms with Crippen LogP contribution >= 0.6 is 0 Å². The molecule has 3 aliphatic carbocycles. The Morgan fingerprint density at radius 2 is 1.36 bits per heavy atom. The highest BCUT2D eigenvalue weighted by molar-refractivity contribution is 5.07. The highest BCUT2D eigenvalue weighted by atomic mass is 14.6. The lowest BCUT2D eigenvalue weighted by Crippen LogP contribution is -2.35. The van der Waals surface area contributed by atoms with Crippen LogP contribution in [0.5, 0.6) is 0 Å². The molecule has 0 amide bonds. The van der Waals surface area contributed by atoms with Crippen molar-refractivity contribution in [2.24, 2.45) is 35.5 Å². The largest absolute Gasteiger partial charge is 0.0622 e. The molecule has 0 aromatic heterocycles. The average molecular weight is 150 g/mol. The van der Waals surface area contributed by atoms with Crippen molar-refractivity contribution in [3.8, 4) is 0 Å². The quantitative estimate of drug-likeness (QED) is 0.498. The maximum atomic E-state index is 2.48. The van der Waals surface area contributed by atoms with E-state index in [0.717, 1.165) is 29.6 Å². The van der Waals surface area contributed by atoms with Crippen LogP contribution in [-0.2, 0) is 0 Å². The minimum Gasteiger partial charge on any atom is -0.0622 e. The predicted molar refractivity (Wildman–Crippen MR) is 46.1 cm³/mol. The van der Waals surface area contributed by atoms with E-state index in [2.05, 4.69) is 13.8 Å². The first-order valence-corrected chi connectivity index (χ1v) is 5.27. The molecule has 0 bridgehead atoms. The Morgan fingerprint density at radius 3 is 1.82 bits per heavy atom. The van der Waals surface area contributed by atoms with Gasteiger partial charge in [0.2, 0.25) is 0 Å². The van der Waals surface area contributed by atoms with E-state index in [4.69, 9.17) is 0 Å². The van der Waals surface area contributed by atoms with Gasteiger partial charge in [-0.05, 0) is 54.8 Å². The molecule has 4 atom stereocenters. The van der Waals surface area contributed by atoms with E-state index in [1.165, 1.54) is 5.92 Å². The Kier molecular flexibility index (Phi) is 1.09. The van der Waals surface area contributed by atoms with E-state index in [-0.39, 0.29) is 0 Å². The van der Waals surface area contributed by atoms with Gasteiger partial charge in [-0.1, -0.05) is 13.8 Å². The summed E-state index contributed by atoms with van der Waals surface area (Å²) in [4.78, 5) is 0. The highest BCUT2D eigenvalue weighted by Gasteiger charge is 2.58. The molecule has 0 aliphatic heterocycles. The topological polar surface area (TPSA) is 0 Å². The first-order chi connectivity index (χ1) is 5.27. The number of rotatable bonds is 0. The van der Waals surface area contributed by atoms with Crippen molar-refractivity contribution in [1.29, 1.82) is 0 Å². The third kappa shape index (κ3) is 0.625. The molecule has 0 aromatic carbocycles. The van der Waals surface area contributed by atoms with Crippen molar-refractivity contribution in [2.45, 2.75) is 33.1 Å². The van der Waals surface area contributed by atoms with Crippen LogP contribution in [0.4, 0.5) is 0 Å². The summed E-state index contributed by atoms with van der Waals surface area (Å²) in [5.41, 5.74) is 0. The molecule has 62 valence electrons. The lowest BCUT2D eigenvalue weighted by atomic mass is 9.63. The van der Waals surface area contributed by atoms with Crippen LogP contribution in [0.2, 0.25) is 0 Å². The third-order valence-electron chi connectivity index (χ3n) is 4.89. The summed E-state index contributed by atoms with van der Waals surface area (Å²) in [6, 6.07) is 0. The Morgan fingerprint density at radius 1 is 0.818 bits per heavy atom. The van der Waals surface area contributed by atoms with E-state index in [0.29, 0.717) is 0 Å². The molecule has 0 aromatic rings. The van der Waals surface area contributed by atoms with E-state index in [1.54, 1.807) is 19.3 Å². The lowest BCUT2D eigenvalue weighted by Gasteiger charge is -2.42. The fourth-order valence-electron chi connectivity index (χ4n) is 4.39. The van der Waals surface area contributed by atoms with Crippen LogP contribution < -0.4 is 0 Å². The van der Waals surface area contributed by atoms with Crippen LogP contribution in [0.1, 0.15) is 33.1 Å². The van der Waals surface area contributed by atoms with Gasteiger partial charge < -0.3 is 0 Å². The summed E-state index contributed by atoms with van der Waals surface area (Å²) in [5, 5.41) is 0. The van der Waals surface area contributed by atoms with Crippen molar-refractivity contribution in [2.75, 3.05) is 0 Å². The Balaban J connectivity index is 1.89. The molecular formula is C11H18. The molecule has 0 spiro atoms. The summed E-state index contributed by atoms with van der Waals surface area (Å²) in [6.07, 6.45) is 4.72. The molecule has 3 aliphatic rings. The van der Waals surface area contributed by atoms with Crippen molar-refractivity contribution in [1.82, 2.24) is 0 Å². The van der Waals surface area contributed by atoms with Gasteiger partial charge in [0, 0.05) is 0 Å². The van der Waals surface area contributed by atoms with Crippen LogP contribution in [0, 0.1) is 35.5 Å². The van der Waals surface area contributed by atoms with Crippen molar-refractivity contribution >= 4 is 0 Å². The van der Waals surface area contributed by atoms with Gasteiger partial charge in [-0.2, -0.15) is 0 Å². The molecule has 3 saturated carbocycles. The maximum absolute atomic E-state index is 2.48. The zero-order chi connectivity index (χ0) is 7.59. The third-order valence-corrected chi connectivity index (χ3v) is 4.89. The zero-order valence-corrected chi connectivity index (χ0v) is 7.59. The molecule has 0 nitrogen and oxygen atoms in total. The summed E-state index contributed by atoms with van der Waals surface area (Å²) < 4.78 is 0. The van der Waals surface area contributed by atoms with Gasteiger partial charge in [-0.25, -0.2) is 0 Å². The highest BCUT2D eigenvalue weighted by Crippen LogP contribution is 2.65. The van der Waals surface area contributed by atoms with Gasteiger partial charge in [-0.3, -0.25) is 0 Å². The van der Waals surface area contributed by atoms with E-state index >= 15 is 0 Å². The van der Waals surface area contributed by atoms with Gasteiger partial charge in [0.1, 0.15) is 0 Å². The van der Waals surface area contributed by atoms with E-state index < -0.39 is 0 Å². The van der Waals surface area contributed by atoms with Gasteiger partial charge in [0.25, 0.3) is 0 Å². The average Bonchev–Trinajstić information content (AvgIpc) is 2.11. The Bertz CT molecular complexity index is 166. The minimum atomic E-state index is 1.08. The SMILES string of the molecule is CC1CC2CC(C)C3CC1C23. The van der Waals surface area contributed by atoms with Gasteiger partial charge in [-0.15, -0.1) is 0 Å². The van der Waals surface area contributed by atoms with Gasteiger partial charge in [0.15, 0.2) is 0 Å². The predicted octanol–water partition coefficient (Wildman–Crippen LogP) is 2.93. The van der Waals surface area contributed by atoms with E-state index in [1.807, 2.05) is 0 Å². The number of hydrogen-bond acceptors (Lipinski definition) is 0. The summed E-state index contributed by atoms with van der Waals surface area (Å²) in [6.45, 7) is 4.95. The molecule has 4 unspecified atom stereocenters. The monoisotopic (exact) mass is 150 g/mol. The fourth-order valence-corrected chi connectivity index (χ4v) is 4.39. The first-order valence-electron chi connectivity index (χ1n) is 5.27. The van der Waals surface area contributed by atoms with Crippen molar-refractivity contribution in [3.05, 3.63) is 0 Å². The molecule has 3 rings (SSSR count). The minimum absolute atomic E-state index is 1.08. The van der Waals surface area contributed by atoms with Crippen LogP contribution in [0.3, 0.4) is 0 Å². The first kappa shape index (κ1) is 6.51. The molecule has 0 radical (unpaired) electrons. The molecule has 0 N–H and O–H groups in total. The van der Waals surface area contributed by atoms with Crippen LogP contribution in [-0.4, -0.2) is 0 Å². The second-order valence-corrected chi connectivity index (χ2v) is 5.33. The second-order valence-electron chi connectivity index (χ2n) is 5.33. The molecule has 3 fully saturated rings. The maximum Gasteiger partial charge on any atom is -0.0323 e. The Hall–Kier alpha value is 0. The lowest BCUT2D eigenvalue weighted by molar-refractivity contribution is 0.0675. The standard InChI is InChI=1S/C11H18/c1-6-3-8-4-7(2)10-5-9(6)11(8)10/h6-11H,3-5H2,1-2H3. The van der Waals surface area contributed by atoms with Gasteiger partial charge in [0.05, 0.1) is 0 Å². The molecule has 0 saturated heterocycles. The molecule has 11 heavy (non-hydrogen) atoms. The summed E-state index contributed by atoms with van der Waals surface area (Å²) in [7, 11) is 0. The molecule has 0 heteroatoms.